The monoisotopic (exact) mass is 406 g/mol. The van der Waals surface area contributed by atoms with Crippen LogP contribution >= 0.6 is 0 Å². The first-order chi connectivity index (χ1) is 13.4. The summed E-state index contributed by atoms with van der Waals surface area (Å²) in [6, 6.07) is 0. The Morgan fingerprint density at radius 1 is 1.34 bits per heavy atom. The number of esters is 2. The van der Waals surface area contributed by atoms with Crippen molar-refractivity contribution >= 4 is 17.7 Å². The number of carbonyl (C=O) groups is 3. The van der Waals surface area contributed by atoms with Crippen molar-refractivity contribution in [2.24, 2.45) is 23.7 Å². The fraction of sp³-hybridized carbons (Fsp3) is 0.609. The van der Waals surface area contributed by atoms with E-state index in [4.69, 9.17) is 9.47 Å². The first-order valence-corrected chi connectivity index (χ1v) is 9.99. The van der Waals surface area contributed by atoms with Crippen LogP contribution in [0.5, 0.6) is 0 Å². The van der Waals surface area contributed by atoms with Gasteiger partial charge in [0.2, 0.25) is 0 Å². The van der Waals surface area contributed by atoms with Crippen LogP contribution in [0.4, 0.5) is 0 Å². The van der Waals surface area contributed by atoms with E-state index in [1.54, 1.807) is 13.0 Å². The Morgan fingerprint density at radius 3 is 2.48 bits per heavy atom. The van der Waals surface area contributed by atoms with Gasteiger partial charge >= 0.3 is 11.9 Å². The van der Waals surface area contributed by atoms with Crippen LogP contribution in [0.2, 0.25) is 0 Å². The molecule has 0 radical (unpaired) electrons. The lowest BCUT2D eigenvalue weighted by atomic mass is 9.73. The van der Waals surface area contributed by atoms with Crippen LogP contribution in [-0.2, 0) is 23.9 Å². The van der Waals surface area contributed by atoms with Crippen molar-refractivity contribution in [2.45, 2.75) is 65.3 Å². The highest BCUT2D eigenvalue weighted by Crippen LogP contribution is 2.41. The second-order valence-corrected chi connectivity index (χ2v) is 8.42. The van der Waals surface area contributed by atoms with E-state index >= 15 is 0 Å². The van der Waals surface area contributed by atoms with Crippen LogP contribution < -0.4 is 0 Å². The number of hydrogen-bond acceptors (Lipinski definition) is 6. The van der Waals surface area contributed by atoms with Gasteiger partial charge in [-0.1, -0.05) is 40.3 Å². The van der Waals surface area contributed by atoms with Gasteiger partial charge in [-0.2, -0.15) is 0 Å². The molecule has 2 aliphatic rings. The van der Waals surface area contributed by atoms with E-state index in [1.165, 1.54) is 13.0 Å². The minimum Gasteiger partial charge on any atom is -0.461 e. The Morgan fingerprint density at radius 2 is 1.93 bits per heavy atom. The zero-order valence-electron chi connectivity index (χ0n) is 18.1. The molecule has 162 valence electrons. The molecule has 0 amide bonds. The third-order valence-corrected chi connectivity index (χ3v) is 5.58. The van der Waals surface area contributed by atoms with Crippen LogP contribution in [-0.4, -0.2) is 40.6 Å². The Hall–Kier alpha value is -2.21. The van der Waals surface area contributed by atoms with Crippen LogP contribution in [0, 0.1) is 23.7 Å². The summed E-state index contributed by atoms with van der Waals surface area (Å²) < 4.78 is 11.2. The molecular formula is C23H34O6. The smallest absolute Gasteiger partial charge is 0.334 e. The largest absolute Gasteiger partial charge is 0.461 e. The summed E-state index contributed by atoms with van der Waals surface area (Å²) in [6.45, 7) is 18.6. The van der Waals surface area contributed by atoms with E-state index in [2.05, 4.69) is 19.7 Å². The Labute approximate surface area is 173 Å². The fourth-order valence-corrected chi connectivity index (χ4v) is 3.68. The highest BCUT2D eigenvalue weighted by Gasteiger charge is 2.52. The van der Waals surface area contributed by atoms with Gasteiger partial charge in [0.15, 0.2) is 5.78 Å². The van der Waals surface area contributed by atoms with E-state index in [0.29, 0.717) is 6.42 Å². The number of ketones is 1. The van der Waals surface area contributed by atoms with Crippen molar-refractivity contribution in [1.82, 2.24) is 0 Å². The highest BCUT2D eigenvalue weighted by molar-refractivity contribution is 5.97. The number of rotatable bonds is 3. The molecule has 1 N–H and O–H groups in total. The lowest BCUT2D eigenvalue weighted by Gasteiger charge is -2.38. The van der Waals surface area contributed by atoms with Gasteiger partial charge in [0, 0.05) is 17.9 Å². The molecule has 0 aromatic heterocycles. The predicted octanol–water partition coefficient (Wildman–Crippen LogP) is 3.40. The number of carbonyl (C=O) groups excluding carboxylic acids is 3. The summed E-state index contributed by atoms with van der Waals surface area (Å²) in [5, 5.41) is 10.9. The molecule has 0 aromatic carbocycles. The minimum atomic E-state index is -1.76. The van der Waals surface area contributed by atoms with Crippen molar-refractivity contribution in [1.29, 1.82) is 0 Å². The SMILES string of the molecule is C=C.C=C1C(=O)OC2CC(C)/C=C\C(=O)C(C)(O)C(C)C(OC(=O)CC(C)C)C12. The zero-order valence-corrected chi connectivity index (χ0v) is 18.1. The van der Waals surface area contributed by atoms with Crippen molar-refractivity contribution in [3.8, 4) is 0 Å². The number of ether oxygens (including phenoxy) is 2. The summed E-state index contributed by atoms with van der Waals surface area (Å²) >= 11 is 0. The van der Waals surface area contributed by atoms with E-state index < -0.39 is 47.4 Å². The maximum Gasteiger partial charge on any atom is 0.334 e. The summed E-state index contributed by atoms with van der Waals surface area (Å²) in [4.78, 5) is 37.1. The molecule has 0 saturated carbocycles. The molecule has 1 saturated heterocycles. The molecule has 1 heterocycles. The van der Waals surface area contributed by atoms with Crippen LogP contribution in [0.3, 0.4) is 0 Å². The minimum absolute atomic E-state index is 0.0589. The van der Waals surface area contributed by atoms with Gasteiger partial charge in [0.1, 0.15) is 17.8 Å². The number of hydrogen-bond donors (Lipinski definition) is 1. The summed E-state index contributed by atoms with van der Waals surface area (Å²) in [7, 11) is 0. The molecule has 1 fully saturated rings. The average molecular weight is 407 g/mol. The average Bonchev–Trinajstić information content (AvgIpc) is 2.91. The molecule has 0 aromatic rings. The van der Waals surface area contributed by atoms with E-state index in [9.17, 15) is 19.5 Å². The second kappa shape index (κ2) is 10.0. The fourth-order valence-electron chi connectivity index (χ4n) is 3.68. The van der Waals surface area contributed by atoms with Crippen LogP contribution in [0.15, 0.2) is 37.5 Å². The predicted molar refractivity (Wildman–Crippen MR) is 111 cm³/mol. The van der Waals surface area contributed by atoms with Crippen molar-refractivity contribution in [3.63, 3.8) is 0 Å². The molecule has 0 bridgehead atoms. The molecule has 2 rings (SSSR count). The molecule has 6 nitrogen and oxygen atoms in total. The van der Waals surface area contributed by atoms with Crippen molar-refractivity contribution < 1.29 is 29.0 Å². The van der Waals surface area contributed by atoms with Gasteiger partial charge < -0.3 is 14.6 Å². The van der Waals surface area contributed by atoms with Gasteiger partial charge in [-0.3, -0.25) is 9.59 Å². The Kier molecular flexibility index (Phi) is 8.57. The van der Waals surface area contributed by atoms with E-state index in [-0.39, 0.29) is 23.8 Å². The third kappa shape index (κ3) is 5.66. The van der Waals surface area contributed by atoms with Gasteiger partial charge in [0.05, 0.1) is 5.92 Å². The molecular weight excluding hydrogens is 372 g/mol. The standard InChI is InChI=1S/C21H30O6.C2H4/c1-11(2)9-17(23)27-19-14(5)21(6,25)16(22)8-7-12(3)10-15-18(19)13(4)20(24)26-15;1-2/h7-8,11-12,14-15,18-19,25H,4,9-10H2,1-3,5-6H3;1-2H2/b8-7-;. The molecule has 6 unspecified atom stereocenters. The first kappa shape index (κ1) is 24.8. The van der Waals surface area contributed by atoms with Gasteiger partial charge in [0.25, 0.3) is 0 Å². The normalized spacial score (nSPS) is 35.8. The lowest BCUT2D eigenvalue weighted by molar-refractivity contribution is -0.168. The van der Waals surface area contributed by atoms with Gasteiger partial charge in [-0.25, -0.2) is 4.79 Å². The number of fused-ring (bicyclic) bond motifs is 1. The molecule has 29 heavy (non-hydrogen) atoms. The van der Waals surface area contributed by atoms with E-state index in [1.807, 2.05) is 20.8 Å². The van der Waals surface area contributed by atoms with Gasteiger partial charge in [-0.15, -0.1) is 13.2 Å². The lowest BCUT2D eigenvalue weighted by Crippen LogP contribution is -2.51. The highest BCUT2D eigenvalue weighted by atomic mass is 16.6. The summed E-state index contributed by atoms with van der Waals surface area (Å²) in [6.07, 6.45) is 2.34. The van der Waals surface area contributed by atoms with Crippen molar-refractivity contribution in [2.75, 3.05) is 0 Å². The van der Waals surface area contributed by atoms with Gasteiger partial charge in [-0.05, 0) is 31.3 Å². The third-order valence-electron chi connectivity index (χ3n) is 5.58. The molecule has 6 atom stereocenters. The summed E-state index contributed by atoms with van der Waals surface area (Å²) in [5.74, 6) is -2.73. The number of allylic oxidation sites excluding steroid dienone is 1. The Bertz CT molecular complexity index is 675. The maximum atomic E-state index is 12.6. The zero-order chi connectivity index (χ0) is 22.5. The van der Waals surface area contributed by atoms with E-state index in [0.717, 1.165) is 0 Å². The molecule has 1 aliphatic carbocycles. The maximum absolute atomic E-state index is 12.6. The van der Waals surface area contributed by atoms with Crippen molar-refractivity contribution in [3.05, 3.63) is 37.5 Å². The number of aliphatic hydroxyl groups is 1. The Balaban J connectivity index is 0.00000204. The molecule has 0 spiro atoms. The first-order valence-electron chi connectivity index (χ1n) is 9.99. The van der Waals surface area contributed by atoms with Crippen LogP contribution in [0.1, 0.15) is 47.5 Å². The molecule has 1 aliphatic heterocycles. The second-order valence-electron chi connectivity index (χ2n) is 8.42. The van der Waals surface area contributed by atoms with Crippen LogP contribution in [0.25, 0.3) is 0 Å². The topological polar surface area (TPSA) is 89.9 Å². The summed E-state index contributed by atoms with van der Waals surface area (Å²) in [5.41, 5.74) is -1.54. The molecule has 6 heteroatoms. The quantitative estimate of drug-likeness (QED) is 0.439.